The average molecular weight is 336 g/mol. The van der Waals surface area contributed by atoms with Gasteiger partial charge in [0.15, 0.2) is 0 Å². The lowest BCUT2D eigenvalue weighted by atomic mass is 9.95. The van der Waals surface area contributed by atoms with Gasteiger partial charge in [-0.15, -0.1) is 0 Å². The molecule has 3 N–H and O–H groups in total. The topological polar surface area (TPSA) is 62.8 Å². The van der Waals surface area contributed by atoms with Gasteiger partial charge in [0, 0.05) is 11.1 Å². The van der Waals surface area contributed by atoms with Crippen molar-refractivity contribution >= 4 is 17.2 Å². The molecule has 0 amide bonds. The quantitative estimate of drug-likeness (QED) is 0.477. The van der Waals surface area contributed by atoms with Crippen LogP contribution in [0.1, 0.15) is 16.7 Å². The van der Waals surface area contributed by atoms with Crippen LogP contribution < -0.4 is 11.3 Å². The van der Waals surface area contributed by atoms with E-state index in [1.807, 2.05) is 0 Å². The van der Waals surface area contributed by atoms with Gasteiger partial charge >= 0.3 is 6.18 Å². The molecule has 0 bridgehead atoms. The second-order valence-corrected chi connectivity index (χ2v) is 5.04. The Balaban J connectivity index is 2.32. The standard InChI is InChI=1S/C16H12F4N4/c17-11-6-2-1-4-9(11)15-14-10(16(18,19)20)5-3-7-12(14)23-13(24-21)8-22-15/h1-7H,8,21H2,(H,23,24). The highest BCUT2D eigenvalue weighted by molar-refractivity contribution is 6.18. The summed E-state index contributed by atoms with van der Waals surface area (Å²) in [6, 6.07) is 9.10. The second kappa shape index (κ2) is 6.04. The number of rotatable bonds is 1. The molecule has 0 spiro atoms. The molecule has 0 saturated heterocycles. The summed E-state index contributed by atoms with van der Waals surface area (Å²) in [5, 5.41) is 0. The van der Waals surface area contributed by atoms with Crippen LogP contribution in [0.2, 0.25) is 0 Å². The van der Waals surface area contributed by atoms with Gasteiger partial charge in [0.1, 0.15) is 11.7 Å². The van der Waals surface area contributed by atoms with E-state index in [0.717, 1.165) is 6.07 Å². The minimum absolute atomic E-state index is 0.0241. The van der Waals surface area contributed by atoms with Gasteiger partial charge in [-0.3, -0.25) is 4.99 Å². The number of fused-ring (bicyclic) bond motifs is 1. The first-order valence-corrected chi connectivity index (χ1v) is 6.96. The zero-order chi connectivity index (χ0) is 17.3. The molecule has 0 aliphatic carbocycles. The third-order valence-corrected chi connectivity index (χ3v) is 3.52. The number of nitrogens with one attached hydrogen (secondary N) is 1. The Hall–Kier alpha value is -2.74. The highest BCUT2D eigenvalue weighted by Gasteiger charge is 2.37. The number of halogens is 4. The maximum Gasteiger partial charge on any atom is 0.417 e. The SMILES string of the molecule is NNC1=Nc2cccc(C(F)(F)F)c2C(c2ccccc2F)=NC1. The number of aliphatic imine (C=N–C) groups is 2. The molecule has 1 heterocycles. The van der Waals surface area contributed by atoms with E-state index in [9.17, 15) is 17.6 Å². The van der Waals surface area contributed by atoms with Gasteiger partial charge in [-0.1, -0.05) is 18.2 Å². The van der Waals surface area contributed by atoms with E-state index in [1.54, 1.807) is 0 Å². The third kappa shape index (κ3) is 2.88. The minimum atomic E-state index is -4.63. The molecule has 2 aromatic rings. The molecule has 0 fully saturated rings. The second-order valence-electron chi connectivity index (χ2n) is 5.04. The summed E-state index contributed by atoms with van der Waals surface area (Å²) in [4.78, 5) is 8.21. The zero-order valence-corrected chi connectivity index (χ0v) is 12.2. The van der Waals surface area contributed by atoms with E-state index in [0.29, 0.717) is 0 Å². The van der Waals surface area contributed by atoms with E-state index in [-0.39, 0.29) is 34.9 Å². The van der Waals surface area contributed by atoms with E-state index in [1.165, 1.54) is 36.4 Å². The fourth-order valence-electron chi connectivity index (χ4n) is 2.48. The lowest BCUT2D eigenvalue weighted by Crippen LogP contribution is -2.32. The summed E-state index contributed by atoms with van der Waals surface area (Å²) < 4.78 is 54.5. The van der Waals surface area contributed by atoms with Crippen LogP contribution in [0, 0.1) is 5.82 Å². The van der Waals surface area contributed by atoms with Crippen molar-refractivity contribution in [3.8, 4) is 0 Å². The van der Waals surface area contributed by atoms with Crippen molar-refractivity contribution in [3.63, 3.8) is 0 Å². The number of nitrogens with two attached hydrogens (primary N) is 1. The fourth-order valence-corrected chi connectivity index (χ4v) is 2.48. The van der Waals surface area contributed by atoms with Gasteiger partial charge in [-0.25, -0.2) is 15.2 Å². The lowest BCUT2D eigenvalue weighted by Gasteiger charge is -2.16. The van der Waals surface area contributed by atoms with E-state index in [4.69, 9.17) is 5.84 Å². The van der Waals surface area contributed by atoms with Crippen LogP contribution in [-0.4, -0.2) is 18.1 Å². The van der Waals surface area contributed by atoms with Gasteiger partial charge in [0.25, 0.3) is 0 Å². The Morgan fingerprint density at radius 2 is 1.79 bits per heavy atom. The smallest absolute Gasteiger partial charge is 0.310 e. The molecule has 124 valence electrons. The maximum absolute atomic E-state index is 14.2. The predicted molar refractivity (Wildman–Crippen MR) is 82.8 cm³/mol. The van der Waals surface area contributed by atoms with Gasteiger partial charge < -0.3 is 5.43 Å². The van der Waals surface area contributed by atoms with Gasteiger partial charge in [-0.05, 0) is 24.3 Å². The van der Waals surface area contributed by atoms with Crippen LogP contribution in [-0.2, 0) is 6.18 Å². The van der Waals surface area contributed by atoms with Gasteiger partial charge in [0.2, 0.25) is 0 Å². The highest BCUT2D eigenvalue weighted by atomic mass is 19.4. The van der Waals surface area contributed by atoms with Crippen LogP contribution in [0.15, 0.2) is 52.4 Å². The summed E-state index contributed by atoms with van der Waals surface area (Å²) >= 11 is 0. The summed E-state index contributed by atoms with van der Waals surface area (Å²) in [5.41, 5.74) is 1.00. The number of hydrogen-bond donors (Lipinski definition) is 2. The first-order valence-electron chi connectivity index (χ1n) is 6.96. The van der Waals surface area contributed by atoms with Crippen molar-refractivity contribution in [2.24, 2.45) is 15.8 Å². The summed E-state index contributed by atoms with van der Waals surface area (Å²) in [5.74, 6) is 4.84. The largest absolute Gasteiger partial charge is 0.417 e. The Morgan fingerprint density at radius 1 is 1.04 bits per heavy atom. The third-order valence-electron chi connectivity index (χ3n) is 3.52. The molecule has 2 aromatic carbocycles. The fraction of sp³-hybridized carbons (Fsp3) is 0.125. The number of hydrogen-bond acceptors (Lipinski definition) is 4. The van der Waals surface area contributed by atoms with Crippen molar-refractivity contribution in [2.75, 3.05) is 6.54 Å². The number of amidine groups is 1. The first kappa shape index (κ1) is 16.1. The molecule has 24 heavy (non-hydrogen) atoms. The van der Waals surface area contributed by atoms with Gasteiger partial charge in [0.05, 0.1) is 23.5 Å². The molecule has 1 aliphatic rings. The molecule has 0 saturated carbocycles. The highest BCUT2D eigenvalue weighted by Crippen LogP contribution is 2.38. The number of alkyl halides is 3. The molecule has 1 aliphatic heterocycles. The molecule has 3 rings (SSSR count). The van der Waals surface area contributed by atoms with Crippen LogP contribution in [0.5, 0.6) is 0 Å². The summed E-state index contributed by atoms with van der Waals surface area (Å²) in [7, 11) is 0. The predicted octanol–water partition coefficient (Wildman–Crippen LogP) is 3.19. The van der Waals surface area contributed by atoms with Gasteiger partial charge in [-0.2, -0.15) is 13.2 Å². The monoisotopic (exact) mass is 336 g/mol. The van der Waals surface area contributed by atoms with E-state index >= 15 is 0 Å². The Morgan fingerprint density at radius 3 is 2.46 bits per heavy atom. The van der Waals surface area contributed by atoms with Crippen molar-refractivity contribution in [3.05, 3.63) is 65.0 Å². The molecule has 0 radical (unpaired) electrons. The zero-order valence-electron chi connectivity index (χ0n) is 12.2. The molecule has 0 unspecified atom stereocenters. The Labute approximate surface area is 134 Å². The average Bonchev–Trinajstić information content (AvgIpc) is 2.73. The molecular formula is C16H12F4N4. The number of nitrogens with zero attached hydrogens (tertiary/aromatic N) is 2. The lowest BCUT2D eigenvalue weighted by molar-refractivity contribution is -0.137. The summed E-state index contributed by atoms with van der Waals surface area (Å²) in [6.45, 7) is -0.0911. The number of benzene rings is 2. The minimum Gasteiger partial charge on any atom is -0.310 e. The van der Waals surface area contributed by atoms with Crippen LogP contribution >= 0.6 is 0 Å². The van der Waals surface area contributed by atoms with E-state index in [2.05, 4.69) is 15.4 Å². The Bertz CT molecular complexity index is 840. The van der Waals surface area contributed by atoms with Crippen LogP contribution in [0.4, 0.5) is 23.2 Å². The van der Waals surface area contributed by atoms with E-state index < -0.39 is 17.6 Å². The normalized spacial score (nSPS) is 14.4. The van der Waals surface area contributed by atoms with Crippen molar-refractivity contribution in [1.29, 1.82) is 0 Å². The number of hydrazine groups is 1. The van der Waals surface area contributed by atoms with Crippen LogP contribution in [0.3, 0.4) is 0 Å². The van der Waals surface area contributed by atoms with Crippen molar-refractivity contribution < 1.29 is 17.6 Å². The Kier molecular flexibility index (Phi) is 4.06. The summed E-state index contributed by atoms with van der Waals surface area (Å²) in [6.07, 6.45) is -4.63. The molecule has 0 atom stereocenters. The molecular weight excluding hydrogens is 324 g/mol. The maximum atomic E-state index is 14.2. The molecule has 0 aromatic heterocycles. The first-order chi connectivity index (χ1) is 11.4. The van der Waals surface area contributed by atoms with Crippen molar-refractivity contribution in [2.45, 2.75) is 6.18 Å². The molecule has 8 heteroatoms. The molecule has 4 nitrogen and oxygen atoms in total. The van der Waals surface area contributed by atoms with Crippen molar-refractivity contribution in [1.82, 2.24) is 5.43 Å². The van der Waals surface area contributed by atoms with Crippen LogP contribution in [0.25, 0.3) is 0 Å².